The topological polar surface area (TPSA) is 9.23 Å². The first kappa shape index (κ1) is 8.84. The zero-order chi connectivity index (χ0) is 2.71. The number of hydrogen-bond donors (Lipinski definition) is 0. The summed E-state index contributed by atoms with van der Waals surface area (Å²) in [6.07, 6.45) is 0. The molecule has 0 spiro atoms. The molecule has 0 aliphatic rings. The molecule has 0 saturated carbocycles. The fourth-order valence-electron chi connectivity index (χ4n) is 0. The van der Waals surface area contributed by atoms with Gasteiger partial charge in [0.05, 0.1) is 19.0 Å². The summed E-state index contributed by atoms with van der Waals surface area (Å²) in [4.78, 5) is 0. The molecule has 0 aromatic carbocycles. The maximum Gasteiger partial charge on any atom is 2.00 e. The maximum atomic E-state index is 4.50. The number of rotatable bonds is 0. The van der Waals surface area contributed by atoms with E-state index in [0.29, 0.717) is 0 Å². The van der Waals surface area contributed by atoms with Crippen molar-refractivity contribution in [3.8, 4) is 0 Å². The van der Waals surface area contributed by atoms with Crippen molar-refractivity contribution in [1.29, 1.82) is 0 Å². The molecule has 29 valence electrons. The summed E-state index contributed by atoms with van der Waals surface area (Å²) < 4.78 is 3.72. The second-order valence-corrected chi connectivity index (χ2v) is 0.463. The van der Waals surface area contributed by atoms with Crippen molar-refractivity contribution in [3.63, 3.8) is 0 Å². The van der Waals surface area contributed by atoms with Crippen molar-refractivity contribution < 1.29 is 21.4 Å². The third-order valence-corrected chi connectivity index (χ3v) is 0. The molecule has 0 fully saturated rings. The van der Waals surface area contributed by atoms with Gasteiger partial charge in [0.15, 0.2) is 0 Å². The van der Waals surface area contributed by atoms with Crippen LogP contribution in [0.4, 0.5) is 0 Å². The zero-order valence-electron chi connectivity index (χ0n) is 2.09. The zero-order valence-corrected chi connectivity index (χ0v) is 3.79. The van der Waals surface area contributed by atoms with Gasteiger partial charge >= 0.3 is 17.1 Å². The van der Waals surface area contributed by atoms with Gasteiger partial charge in [-0.05, 0) is 0 Å². The molecule has 0 heterocycles. The van der Waals surface area contributed by atoms with Crippen LogP contribution in [0.25, 0.3) is 0 Å². The van der Waals surface area contributed by atoms with Crippen LogP contribution in [-0.2, 0) is 21.4 Å². The Morgan fingerprint density at radius 1 is 1.75 bits per heavy atom. The van der Waals surface area contributed by atoms with Gasteiger partial charge in [0, 0.05) is 0 Å². The van der Waals surface area contributed by atoms with Crippen molar-refractivity contribution in [2.75, 3.05) is 7.11 Å². The van der Waals surface area contributed by atoms with E-state index in [4.69, 9.17) is 0 Å². The van der Waals surface area contributed by atoms with Crippen LogP contribution in [0, 0.1) is 0 Å². The Kier molecular flexibility index (Phi) is 20.4. The average Bonchev–Trinajstić information content (AvgIpc) is 0.918. The van der Waals surface area contributed by atoms with Crippen molar-refractivity contribution in [2.45, 2.75) is 0 Å². The molecule has 0 rings (SSSR count). The van der Waals surface area contributed by atoms with E-state index in [9.17, 15) is 0 Å². The largest absolute Gasteiger partial charge is 2.00 e. The van der Waals surface area contributed by atoms with Gasteiger partial charge in [-0.25, -0.2) is 0 Å². The van der Waals surface area contributed by atoms with Crippen molar-refractivity contribution in [2.24, 2.45) is 0 Å². The van der Waals surface area contributed by atoms with Crippen LogP contribution < -0.4 is 0 Å². The molecular formula is CH3ClCuO+2. The van der Waals surface area contributed by atoms with Gasteiger partial charge in [-0.2, -0.15) is 0 Å². The minimum Gasteiger partial charge on any atom is -0.283 e. The van der Waals surface area contributed by atoms with E-state index < -0.39 is 0 Å². The Labute approximate surface area is 40.9 Å². The Hall–Kier alpha value is 0.769. The van der Waals surface area contributed by atoms with Crippen molar-refractivity contribution >= 4 is 11.9 Å². The van der Waals surface area contributed by atoms with Gasteiger partial charge in [-0.3, -0.25) is 4.29 Å². The predicted molar refractivity (Wildman–Crippen MR) is 12.9 cm³/mol. The summed E-state index contributed by atoms with van der Waals surface area (Å²) >= 11 is 4.50. The molecule has 0 saturated heterocycles. The van der Waals surface area contributed by atoms with E-state index in [2.05, 4.69) is 16.2 Å². The van der Waals surface area contributed by atoms with Gasteiger partial charge < -0.3 is 0 Å². The van der Waals surface area contributed by atoms with Gasteiger partial charge in [-0.15, -0.1) is 0 Å². The van der Waals surface area contributed by atoms with Crippen molar-refractivity contribution in [3.05, 3.63) is 0 Å². The Balaban J connectivity index is 0. The molecule has 0 aliphatic heterocycles. The molecular weight excluding hydrogens is 127 g/mol. The molecule has 1 radical (unpaired) electrons. The molecule has 4 heavy (non-hydrogen) atoms. The monoisotopic (exact) mass is 129 g/mol. The molecule has 3 heteroatoms. The van der Waals surface area contributed by atoms with Crippen LogP contribution in [0.5, 0.6) is 0 Å². The Bertz CT molecular complexity index is 8.00. The summed E-state index contributed by atoms with van der Waals surface area (Å²) in [5.41, 5.74) is 0. The van der Waals surface area contributed by atoms with Crippen LogP contribution in [0.3, 0.4) is 0 Å². The van der Waals surface area contributed by atoms with Gasteiger partial charge in [0.25, 0.3) is 0 Å². The minimum absolute atomic E-state index is 0. The molecule has 0 aromatic heterocycles. The van der Waals surface area contributed by atoms with E-state index in [1.807, 2.05) is 0 Å². The van der Waals surface area contributed by atoms with E-state index in [-0.39, 0.29) is 17.1 Å². The standard InChI is InChI=1S/CH3ClO.Cu/c1-3-2;/h1H3;/q;+2. The smallest absolute Gasteiger partial charge is 0.283 e. The minimum atomic E-state index is 0. The maximum absolute atomic E-state index is 4.50. The van der Waals surface area contributed by atoms with Crippen LogP contribution >= 0.6 is 11.9 Å². The Morgan fingerprint density at radius 3 is 1.75 bits per heavy atom. The van der Waals surface area contributed by atoms with Crippen LogP contribution in [0.15, 0.2) is 0 Å². The van der Waals surface area contributed by atoms with Gasteiger partial charge in [-0.1, -0.05) is 0 Å². The molecule has 0 amide bonds. The van der Waals surface area contributed by atoms with E-state index in [0.717, 1.165) is 0 Å². The second-order valence-electron chi connectivity index (χ2n) is 0.154. The second kappa shape index (κ2) is 9.23. The first-order chi connectivity index (χ1) is 1.41. The van der Waals surface area contributed by atoms with Crippen LogP contribution in [0.2, 0.25) is 0 Å². The fraction of sp³-hybridized carbons (Fsp3) is 1.00. The average molecular weight is 130 g/mol. The number of hydrogen-bond acceptors (Lipinski definition) is 1. The molecule has 0 bridgehead atoms. The van der Waals surface area contributed by atoms with E-state index >= 15 is 0 Å². The number of halogens is 1. The third-order valence-electron chi connectivity index (χ3n) is 0. The van der Waals surface area contributed by atoms with Crippen molar-refractivity contribution in [1.82, 2.24) is 0 Å². The molecule has 0 unspecified atom stereocenters. The SMILES string of the molecule is COCl.[Cu+2]. The van der Waals surface area contributed by atoms with Gasteiger partial charge in [0.1, 0.15) is 0 Å². The first-order valence-electron chi connectivity index (χ1n) is 0.563. The van der Waals surface area contributed by atoms with E-state index in [1.165, 1.54) is 7.11 Å². The fourth-order valence-corrected chi connectivity index (χ4v) is 0. The summed E-state index contributed by atoms with van der Waals surface area (Å²) in [7, 11) is 1.39. The summed E-state index contributed by atoms with van der Waals surface area (Å²) in [5.74, 6) is 0. The third kappa shape index (κ3) is 14.6. The van der Waals surface area contributed by atoms with E-state index in [1.54, 1.807) is 0 Å². The summed E-state index contributed by atoms with van der Waals surface area (Å²) in [6, 6.07) is 0. The first-order valence-corrected chi connectivity index (χ1v) is 0.871. The quantitative estimate of drug-likeness (QED) is 0.440. The normalized spacial score (nSPS) is 4.50. The Morgan fingerprint density at radius 2 is 1.75 bits per heavy atom. The molecule has 0 aromatic rings. The summed E-state index contributed by atoms with van der Waals surface area (Å²) in [6.45, 7) is 0. The predicted octanol–water partition coefficient (Wildman–Crippen LogP) is 0.784. The van der Waals surface area contributed by atoms with Crippen LogP contribution in [-0.4, -0.2) is 7.11 Å². The van der Waals surface area contributed by atoms with Gasteiger partial charge in [0.2, 0.25) is 0 Å². The van der Waals surface area contributed by atoms with Crippen LogP contribution in [0.1, 0.15) is 0 Å². The molecule has 0 atom stereocenters. The molecule has 1 nitrogen and oxygen atoms in total. The molecule has 0 aliphatic carbocycles. The summed E-state index contributed by atoms with van der Waals surface area (Å²) in [5, 5.41) is 0. The molecule has 0 N–H and O–H groups in total.